The molecule has 0 spiro atoms. The van der Waals surface area contributed by atoms with E-state index in [0.29, 0.717) is 11.3 Å². The van der Waals surface area contributed by atoms with Gasteiger partial charge >= 0.3 is 11.9 Å². The third kappa shape index (κ3) is 3.06. The number of carbonyl (C=O) groups is 1. The van der Waals surface area contributed by atoms with Crippen molar-refractivity contribution in [1.29, 1.82) is 0 Å². The van der Waals surface area contributed by atoms with Gasteiger partial charge in [-0.05, 0) is 30.3 Å². The summed E-state index contributed by atoms with van der Waals surface area (Å²) in [7, 11) is 1.55. The van der Waals surface area contributed by atoms with Crippen LogP contribution in [0.5, 0.6) is 5.75 Å². The summed E-state index contributed by atoms with van der Waals surface area (Å²) in [5.74, 6) is -0.659. The summed E-state index contributed by atoms with van der Waals surface area (Å²) in [6.45, 7) is 0. The molecule has 2 aromatic heterocycles. The van der Waals surface area contributed by atoms with E-state index in [9.17, 15) is 14.9 Å². The van der Waals surface area contributed by atoms with Crippen molar-refractivity contribution in [2.75, 3.05) is 12.4 Å². The molecule has 0 aliphatic rings. The van der Waals surface area contributed by atoms with E-state index in [1.165, 1.54) is 6.07 Å². The molecule has 0 aliphatic heterocycles. The van der Waals surface area contributed by atoms with Crippen molar-refractivity contribution in [1.82, 2.24) is 10.2 Å². The summed E-state index contributed by atoms with van der Waals surface area (Å²) in [4.78, 5) is 21.7. The molecule has 0 saturated heterocycles. The van der Waals surface area contributed by atoms with Gasteiger partial charge in [-0.25, -0.2) is 0 Å². The van der Waals surface area contributed by atoms with E-state index in [1.807, 2.05) is 0 Å². The Balaban J connectivity index is 1.72. The fourth-order valence-corrected chi connectivity index (χ4v) is 1.83. The number of furan rings is 1. The molecule has 0 bridgehead atoms. The summed E-state index contributed by atoms with van der Waals surface area (Å²) in [5, 5.41) is 20.3. The van der Waals surface area contributed by atoms with Crippen molar-refractivity contribution in [3.8, 4) is 17.2 Å². The summed E-state index contributed by atoms with van der Waals surface area (Å²) >= 11 is 0. The van der Waals surface area contributed by atoms with Crippen LogP contribution in [-0.4, -0.2) is 28.1 Å². The molecule has 0 radical (unpaired) electrons. The van der Waals surface area contributed by atoms with Crippen molar-refractivity contribution >= 4 is 17.8 Å². The normalized spacial score (nSPS) is 10.4. The van der Waals surface area contributed by atoms with Crippen LogP contribution in [0, 0.1) is 10.1 Å². The fraction of sp³-hybridized carbons (Fsp3) is 0.0714. The molecule has 10 heteroatoms. The maximum atomic E-state index is 11.9. The Morgan fingerprint density at radius 1 is 1.17 bits per heavy atom. The number of ether oxygens (including phenoxy) is 1. The van der Waals surface area contributed by atoms with Gasteiger partial charge in [0.05, 0.1) is 13.2 Å². The number of nitro groups is 1. The van der Waals surface area contributed by atoms with Gasteiger partial charge < -0.3 is 13.6 Å². The second-order valence-corrected chi connectivity index (χ2v) is 4.49. The number of benzene rings is 1. The number of carbonyl (C=O) groups excluding carboxylic acids is 1. The van der Waals surface area contributed by atoms with E-state index in [0.717, 1.165) is 6.07 Å². The molecule has 0 aliphatic carbocycles. The van der Waals surface area contributed by atoms with Crippen molar-refractivity contribution in [3.63, 3.8) is 0 Å². The van der Waals surface area contributed by atoms with Gasteiger partial charge in [-0.15, -0.1) is 5.10 Å². The molecule has 3 rings (SSSR count). The highest BCUT2D eigenvalue weighted by Crippen LogP contribution is 2.23. The highest BCUT2D eigenvalue weighted by Gasteiger charge is 2.19. The molecule has 1 amide bonds. The number of hydrogen-bond acceptors (Lipinski definition) is 8. The van der Waals surface area contributed by atoms with Gasteiger partial charge in [0, 0.05) is 5.56 Å². The lowest BCUT2D eigenvalue weighted by atomic mass is 10.2. The SMILES string of the molecule is COc1ccc(-c2nnc(NC(=O)c3ccc([N+](=O)[O-])o3)o2)cc1. The molecule has 10 nitrogen and oxygen atoms in total. The number of amides is 1. The van der Waals surface area contributed by atoms with Gasteiger partial charge in [0.15, 0.2) is 5.76 Å². The lowest BCUT2D eigenvalue weighted by molar-refractivity contribution is -0.402. The Morgan fingerprint density at radius 3 is 2.54 bits per heavy atom. The Hall–Kier alpha value is -3.69. The second-order valence-electron chi connectivity index (χ2n) is 4.49. The van der Waals surface area contributed by atoms with Crippen molar-refractivity contribution < 1.29 is 23.3 Å². The van der Waals surface area contributed by atoms with E-state index in [-0.39, 0.29) is 17.7 Å². The van der Waals surface area contributed by atoms with Gasteiger partial charge in [0.1, 0.15) is 10.7 Å². The first-order chi connectivity index (χ1) is 11.6. The third-order valence-corrected chi connectivity index (χ3v) is 2.98. The Labute approximate surface area is 134 Å². The number of anilines is 1. The Bertz CT molecular complexity index is 883. The predicted molar refractivity (Wildman–Crippen MR) is 79.6 cm³/mol. The van der Waals surface area contributed by atoms with Crippen LogP contribution in [0.25, 0.3) is 11.5 Å². The second kappa shape index (κ2) is 6.20. The zero-order valence-electron chi connectivity index (χ0n) is 12.3. The minimum absolute atomic E-state index is 0.162. The molecule has 0 unspecified atom stereocenters. The van der Waals surface area contributed by atoms with Crippen LogP contribution in [0.3, 0.4) is 0 Å². The maximum Gasteiger partial charge on any atom is 0.433 e. The minimum Gasteiger partial charge on any atom is -0.497 e. The zero-order valence-corrected chi connectivity index (χ0v) is 12.3. The summed E-state index contributed by atoms with van der Waals surface area (Å²) in [5.41, 5.74) is 0.637. The first-order valence-electron chi connectivity index (χ1n) is 6.60. The van der Waals surface area contributed by atoms with Gasteiger partial charge in [0.2, 0.25) is 5.89 Å². The van der Waals surface area contributed by atoms with Crippen LogP contribution in [0.2, 0.25) is 0 Å². The Kier molecular flexibility index (Phi) is 3.93. The summed E-state index contributed by atoms with van der Waals surface area (Å²) in [6, 6.07) is 8.96. The lowest BCUT2D eigenvalue weighted by Crippen LogP contribution is -2.11. The van der Waals surface area contributed by atoms with Crippen LogP contribution in [0.1, 0.15) is 10.6 Å². The maximum absolute atomic E-state index is 11.9. The van der Waals surface area contributed by atoms with Crippen molar-refractivity contribution in [2.45, 2.75) is 0 Å². The molecule has 1 aromatic carbocycles. The largest absolute Gasteiger partial charge is 0.497 e. The van der Waals surface area contributed by atoms with E-state index in [1.54, 1.807) is 31.4 Å². The van der Waals surface area contributed by atoms with Gasteiger partial charge in [-0.3, -0.25) is 20.2 Å². The standard InChI is InChI=1S/C14H10N4O6/c1-22-9-4-2-8(3-5-9)13-16-17-14(24-13)15-12(19)10-6-7-11(23-10)18(20)21/h2-7H,1H3,(H,15,17,19). The van der Waals surface area contributed by atoms with Crippen LogP contribution < -0.4 is 10.1 Å². The minimum atomic E-state index is -0.745. The quantitative estimate of drug-likeness (QED) is 0.557. The summed E-state index contributed by atoms with van der Waals surface area (Å²) in [6.07, 6.45) is 0. The van der Waals surface area contributed by atoms with Gasteiger partial charge in [0.25, 0.3) is 5.91 Å². The smallest absolute Gasteiger partial charge is 0.433 e. The molecule has 2 heterocycles. The van der Waals surface area contributed by atoms with Crippen molar-refractivity contribution in [3.05, 3.63) is 52.3 Å². The summed E-state index contributed by atoms with van der Waals surface area (Å²) < 4.78 is 15.1. The number of rotatable bonds is 5. The van der Waals surface area contributed by atoms with E-state index in [2.05, 4.69) is 15.5 Å². The van der Waals surface area contributed by atoms with Crippen LogP contribution >= 0.6 is 0 Å². The van der Waals surface area contributed by atoms with E-state index < -0.39 is 16.7 Å². The average Bonchev–Trinajstić information content (AvgIpc) is 3.24. The number of hydrogen-bond donors (Lipinski definition) is 1. The molecule has 24 heavy (non-hydrogen) atoms. The molecule has 0 saturated carbocycles. The molecular weight excluding hydrogens is 320 g/mol. The lowest BCUT2D eigenvalue weighted by Gasteiger charge is -1.99. The number of nitrogens with one attached hydrogen (secondary N) is 1. The van der Waals surface area contributed by atoms with Crippen LogP contribution in [0.4, 0.5) is 11.9 Å². The first-order valence-corrected chi connectivity index (χ1v) is 6.60. The molecule has 3 aromatic rings. The molecule has 1 N–H and O–H groups in total. The van der Waals surface area contributed by atoms with E-state index >= 15 is 0 Å². The molecule has 0 fully saturated rings. The van der Waals surface area contributed by atoms with Gasteiger partial charge in [-0.2, -0.15) is 0 Å². The average molecular weight is 330 g/mol. The molecular formula is C14H10N4O6. The highest BCUT2D eigenvalue weighted by molar-refractivity contribution is 6.01. The van der Waals surface area contributed by atoms with Crippen LogP contribution in [0.15, 0.2) is 45.2 Å². The number of nitrogens with zero attached hydrogens (tertiary/aromatic N) is 3. The topological polar surface area (TPSA) is 134 Å². The zero-order chi connectivity index (χ0) is 17.1. The molecule has 0 atom stereocenters. The first kappa shape index (κ1) is 15.2. The van der Waals surface area contributed by atoms with Gasteiger partial charge in [-0.1, -0.05) is 5.10 Å². The fourth-order valence-electron chi connectivity index (χ4n) is 1.83. The van der Waals surface area contributed by atoms with Crippen LogP contribution in [-0.2, 0) is 0 Å². The highest BCUT2D eigenvalue weighted by atomic mass is 16.6. The monoisotopic (exact) mass is 330 g/mol. The number of methoxy groups -OCH3 is 1. The van der Waals surface area contributed by atoms with Crippen molar-refractivity contribution in [2.24, 2.45) is 0 Å². The van der Waals surface area contributed by atoms with E-state index in [4.69, 9.17) is 13.6 Å². The number of aromatic nitrogens is 2. The molecule has 122 valence electrons. The third-order valence-electron chi connectivity index (χ3n) is 2.98. The Morgan fingerprint density at radius 2 is 1.92 bits per heavy atom. The predicted octanol–water partition coefficient (Wildman–Crippen LogP) is 2.50.